The van der Waals surface area contributed by atoms with Crippen molar-refractivity contribution in [2.75, 3.05) is 0 Å². The highest BCUT2D eigenvalue weighted by Gasteiger charge is 2.54. The molecular weight excluding hydrogens is 889 g/mol. The van der Waals surface area contributed by atoms with Gasteiger partial charge in [-0.3, -0.25) is 0 Å². The fourth-order valence-electron chi connectivity index (χ4n) is 15.2. The molecule has 74 heavy (non-hydrogen) atoms. The lowest BCUT2D eigenvalue weighted by atomic mass is 9.67. The van der Waals surface area contributed by atoms with Crippen LogP contribution in [-0.4, -0.2) is 0 Å². The minimum atomic E-state index is -0.569. The highest BCUT2D eigenvalue weighted by Crippen LogP contribution is 2.68. The summed E-state index contributed by atoms with van der Waals surface area (Å²) in [5, 5.41) is 18.1. The Morgan fingerprint density at radius 3 is 1.12 bits per heavy atom. The second-order valence-electron chi connectivity index (χ2n) is 21.6. The van der Waals surface area contributed by atoms with E-state index in [0.29, 0.717) is 0 Å². The van der Waals surface area contributed by atoms with Crippen molar-refractivity contribution < 1.29 is 0 Å². The molecule has 0 atom stereocenters. The lowest BCUT2D eigenvalue weighted by molar-refractivity contribution is 0.661. The van der Waals surface area contributed by atoms with E-state index >= 15 is 0 Å². The van der Waals surface area contributed by atoms with Crippen LogP contribution in [0.25, 0.3) is 131 Å². The SMILES string of the molecule is CC1(C)c2ccccc2-c2c1cc(-c1c3ccccc3c(-c3ccc4c5c(c6ccccc6c4c3)-c3c(c4ccccc4c4ccccc34)C53c4ccccc4-c4ccccc43)c3ccccc13)c1ccccc21. The monoisotopic (exact) mass is 934 g/mol. The first kappa shape index (κ1) is 40.5. The molecule has 0 aromatic heterocycles. The number of fused-ring (bicyclic) bond motifs is 27. The predicted octanol–water partition coefficient (Wildman–Crippen LogP) is 19.7. The van der Waals surface area contributed by atoms with Gasteiger partial charge in [0.15, 0.2) is 0 Å². The largest absolute Gasteiger partial charge is 0.0738 e. The molecular formula is C74H46. The van der Waals surface area contributed by atoms with Crippen molar-refractivity contribution in [3.63, 3.8) is 0 Å². The van der Waals surface area contributed by atoms with Gasteiger partial charge in [0.05, 0.1) is 5.41 Å². The Balaban J connectivity index is 0.998. The number of hydrogen-bond acceptors (Lipinski definition) is 0. The smallest absolute Gasteiger partial charge is 0.0619 e. The molecule has 0 radical (unpaired) electrons. The third-order valence-electron chi connectivity index (χ3n) is 18.0. The Bertz CT molecular complexity index is 4770. The lowest BCUT2D eigenvalue weighted by Gasteiger charge is -2.33. The van der Waals surface area contributed by atoms with Crippen molar-refractivity contribution in [2.24, 2.45) is 0 Å². The summed E-state index contributed by atoms with van der Waals surface area (Å²) in [5.74, 6) is 0. The highest BCUT2D eigenvalue weighted by atomic mass is 14.5. The Hall–Kier alpha value is -9.10. The highest BCUT2D eigenvalue weighted by molar-refractivity contribution is 6.29. The molecule has 0 unspecified atom stereocenters. The maximum atomic E-state index is 2.55. The van der Waals surface area contributed by atoms with E-state index in [1.165, 1.54) is 164 Å². The summed E-state index contributed by atoms with van der Waals surface area (Å²) < 4.78 is 0. The van der Waals surface area contributed by atoms with Crippen molar-refractivity contribution in [2.45, 2.75) is 24.7 Å². The molecule has 0 heterocycles. The van der Waals surface area contributed by atoms with Crippen molar-refractivity contribution >= 4 is 75.4 Å². The molecule has 0 heteroatoms. The van der Waals surface area contributed by atoms with Crippen LogP contribution < -0.4 is 0 Å². The van der Waals surface area contributed by atoms with Gasteiger partial charge in [0.25, 0.3) is 0 Å². The van der Waals surface area contributed by atoms with E-state index in [0.717, 1.165) is 0 Å². The van der Waals surface area contributed by atoms with Crippen LogP contribution in [-0.2, 0) is 10.8 Å². The van der Waals surface area contributed by atoms with E-state index in [4.69, 9.17) is 0 Å². The summed E-state index contributed by atoms with van der Waals surface area (Å²) >= 11 is 0. The molecule has 0 bridgehead atoms. The maximum Gasteiger partial charge on any atom is 0.0738 e. The van der Waals surface area contributed by atoms with Gasteiger partial charge in [-0.1, -0.05) is 244 Å². The predicted molar refractivity (Wildman–Crippen MR) is 314 cm³/mol. The van der Waals surface area contributed by atoms with Crippen molar-refractivity contribution in [3.05, 3.63) is 276 Å². The molecule has 17 rings (SSSR count). The minimum Gasteiger partial charge on any atom is -0.0619 e. The Morgan fingerprint density at radius 1 is 0.216 bits per heavy atom. The van der Waals surface area contributed by atoms with Crippen LogP contribution >= 0.6 is 0 Å². The lowest BCUT2D eigenvalue weighted by Crippen LogP contribution is -2.26. The van der Waals surface area contributed by atoms with Crippen molar-refractivity contribution in [3.8, 4) is 55.6 Å². The quantitative estimate of drug-likeness (QED) is 0.120. The number of hydrogen-bond donors (Lipinski definition) is 0. The van der Waals surface area contributed by atoms with Gasteiger partial charge in [0.1, 0.15) is 0 Å². The van der Waals surface area contributed by atoms with Gasteiger partial charge >= 0.3 is 0 Å². The van der Waals surface area contributed by atoms with Gasteiger partial charge in [0, 0.05) is 5.41 Å². The summed E-state index contributed by atoms with van der Waals surface area (Å²) in [6.07, 6.45) is 0. The van der Waals surface area contributed by atoms with E-state index in [9.17, 15) is 0 Å². The van der Waals surface area contributed by atoms with E-state index in [2.05, 4.69) is 257 Å². The Morgan fingerprint density at radius 2 is 0.581 bits per heavy atom. The number of benzene rings is 14. The van der Waals surface area contributed by atoms with Gasteiger partial charge in [0.2, 0.25) is 0 Å². The molecule has 14 aromatic rings. The summed E-state index contributed by atoms with van der Waals surface area (Å²) in [4.78, 5) is 0. The third-order valence-corrected chi connectivity index (χ3v) is 18.0. The fraction of sp³-hybridized carbons (Fsp3) is 0.0541. The molecule has 0 saturated heterocycles. The van der Waals surface area contributed by atoms with Crippen LogP contribution in [0.2, 0.25) is 0 Å². The van der Waals surface area contributed by atoms with E-state index in [-0.39, 0.29) is 5.41 Å². The average Bonchev–Trinajstić information content (AvgIpc) is 4.03. The first-order valence-corrected chi connectivity index (χ1v) is 26.3. The van der Waals surface area contributed by atoms with Gasteiger partial charge in [-0.05, 0) is 177 Å². The zero-order valence-corrected chi connectivity index (χ0v) is 41.1. The van der Waals surface area contributed by atoms with Crippen molar-refractivity contribution in [1.29, 1.82) is 0 Å². The molecule has 0 nitrogen and oxygen atoms in total. The molecule has 0 N–H and O–H groups in total. The second kappa shape index (κ2) is 14.3. The minimum absolute atomic E-state index is 0.146. The zero-order chi connectivity index (χ0) is 48.6. The van der Waals surface area contributed by atoms with Crippen LogP contribution in [0.5, 0.6) is 0 Å². The van der Waals surface area contributed by atoms with Crippen LogP contribution in [0, 0.1) is 0 Å². The molecule has 342 valence electrons. The Kier molecular flexibility index (Phi) is 7.83. The maximum absolute atomic E-state index is 2.55. The summed E-state index contributed by atoms with van der Waals surface area (Å²) in [6.45, 7) is 4.81. The van der Waals surface area contributed by atoms with Gasteiger partial charge in [-0.25, -0.2) is 0 Å². The van der Waals surface area contributed by atoms with E-state index in [1.807, 2.05) is 0 Å². The first-order chi connectivity index (χ1) is 36.5. The van der Waals surface area contributed by atoms with Crippen LogP contribution in [0.1, 0.15) is 47.2 Å². The van der Waals surface area contributed by atoms with Gasteiger partial charge in [-0.2, -0.15) is 0 Å². The second-order valence-corrected chi connectivity index (χ2v) is 21.6. The van der Waals surface area contributed by atoms with Gasteiger partial charge in [-0.15, -0.1) is 0 Å². The van der Waals surface area contributed by atoms with Crippen LogP contribution in [0.3, 0.4) is 0 Å². The molecule has 0 aliphatic heterocycles. The topological polar surface area (TPSA) is 0 Å². The normalized spacial score (nSPS) is 14.3. The van der Waals surface area contributed by atoms with Crippen LogP contribution in [0.4, 0.5) is 0 Å². The number of rotatable bonds is 2. The molecule has 0 saturated carbocycles. The van der Waals surface area contributed by atoms with Gasteiger partial charge < -0.3 is 0 Å². The summed E-state index contributed by atoms with van der Waals surface area (Å²) in [7, 11) is 0. The van der Waals surface area contributed by atoms with E-state index in [1.54, 1.807) is 0 Å². The summed E-state index contributed by atoms with van der Waals surface area (Å²) in [5.41, 5.74) is 20.8. The first-order valence-electron chi connectivity index (χ1n) is 26.3. The van der Waals surface area contributed by atoms with E-state index < -0.39 is 5.41 Å². The molecule has 3 aliphatic carbocycles. The molecule has 0 fully saturated rings. The third kappa shape index (κ3) is 4.85. The zero-order valence-electron chi connectivity index (χ0n) is 41.1. The average molecular weight is 935 g/mol. The summed E-state index contributed by atoms with van der Waals surface area (Å²) in [6, 6.07) is 92.8. The standard InChI is InChI=1S/C74H46/c1-73(2)62-36-18-17-35-59(62)68-50-27-7-5-24-47(50)61(42-65(68)73)67-55-32-12-10-30-53(55)66(54-31-11-13-33-56(54)67)43-39-40-58-60(41-43)46-23-4-9-29-52(46)70-69-51-28-8-3-21-44(51)45-22-6-14-34-57(45)71(69)74(72(58)70)63-37-19-15-25-48(63)49-26-16-20-38-64(49)74/h3-42H,1-2H3. The van der Waals surface area contributed by atoms with Crippen LogP contribution in [0.15, 0.2) is 243 Å². The van der Waals surface area contributed by atoms with Crippen molar-refractivity contribution in [1.82, 2.24) is 0 Å². The molecule has 3 aliphatic rings. The Labute approximate surface area is 429 Å². The molecule has 1 spiro atoms. The fourth-order valence-corrected chi connectivity index (χ4v) is 15.2. The molecule has 14 aromatic carbocycles. The molecule has 0 amide bonds.